The Kier molecular flexibility index (Phi) is 21.6. The molecule has 0 spiro atoms. The Bertz CT molecular complexity index is 65.5. The molecule has 0 fully saturated rings. The maximum absolute atomic E-state index is 5.22. The van der Waals surface area contributed by atoms with Gasteiger partial charge in [-0.05, 0) is 20.8 Å². The topological polar surface area (TPSA) is 27.7 Å². The smallest absolute Gasteiger partial charge is 0.376 e. The Labute approximate surface area is 85.9 Å². The van der Waals surface area contributed by atoms with Gasteiger partial charge >= 0.3 is 9.53 Å². The molecular formula is C6H16CrFO3Si. The molecule has 0 N–H and O–H groups in total. The van der Waals surface area contributed by atoms with E-state index in [1.807, 2.05) is 20.8 Å². The second-order valence-electron chi connectivity index (χ2n) is 1.65. The number of rotatable bonds is 6. The minimum absolute atomic E-state index is 0. The first-order valence-electron chi connectivity index (χ1n) is 3.69. The van der Waals surface area contributed by atoms with Gasteiger partial charge in [0.2, 0.25) is 0 Å². The zero-order chi connectivity index (χ0) is 7.82. The molecule has 0 aliphatic rings. The van der Waals surface area contributed by atoms with Gasteiger partial charge in [-0.15, -0.1) is 0 Å². The molecule has 0 bridgehead atoms. The maximum Gasteiger partial charge on any atom is 0.484 e. The van der Waals surface area contributed by atoms with Crippen LogP contribution in [0.25, 0.3) is 0 Å². The molecule has 0 atom stereocenters. The van der Waals surface area contributed by atoms with Crippen molar-refractivity contribution in [1.82, 2.24) is 0 Å². The van der Waals surface area contributed by atoms with Crippen molar-refractivity contribution in [2.24, 2.45) is 0 Å². The molecule has 0 saturated heterocycles. The Morgan fingerprint density at radius 1 is 0.833 bits per heavy atom. The third-order valence-electron chi connectivity index (χ3n) is 0.908. The monoisotopic (exact) mass is 235 g/mol. The van der Waals surface area contributed by atoms with Gasteiger partial charge in [-0.25, -0.2) is 0 Å². The van der Waals surface area contributed by atoms with Crippen LogP contribution in [0.15, 0.2) is 0 Å². The third-order valence-corrected chi connectivity index (χ3v) is 2.72. The number of halogens is 1. The van der Waals surface area contributed by atoms with Crippen LogP contribution in [0.4, 0.5) is 4.70 Å². The van der Waals surface area contributed by atoms with Gasteiger partial charge in [0.25, 0.3) is 0 Å². The zero-order valence-electron chi connectivity index (χ0n) is 7.71. The van der Waals surface area contributed by atoms with E-state index in [0.717, 1.165) is 0 Å². The molecule has 0 aliphatic carbocycles. The average Bonchev–Trinajstić information content (AvgIpc) is 1.90. The minimum atomic E-state index is -1.73. The van der Waals surface area contributed by atoms with Crippen LogP contribution >= 0.6 is 0 Å². The Hall–Kier alpha value is 0.559. The molecule has 0 unspecified atom stereocenters. The largest absolute Gasteiger partial charge is 0.484 e. The summed E-state index contributed by atoms with van der Waals surface area (Å²) in [5, 5.41) is 0. The van der Waals surface area contributed by atoms with Crippen LogP contribution in [0.1, 0.15) is 20.8 Å². The fourth-order valence-corrected chi connectivity index (χ4v) is 1.66. The summed E-state index contributed by atoms with van der Waals surface area (Å²) in [6.07, 6.45) is 0. The molecule has 0 heterocycles. The van der Waals surface area contributed by atoms with E-state index < -0.39 is 9.53 Å². The summed E-state index contributed by atoms with van der Waals surface area (Å²) in [5.41, 5.74) is 0. The summed E-state index contributed by atoms with van der Waals surface area (Å²) in [4.78, 5) is 0. The molecule has 12 heavy (non-hydrogen) atoms. The van der Waals surface area contributed by atoms with Gasteiger partial charge in [-0.3, -0.25) is 0 Å². The summed E-state index contributed by atoms with van der Waals surface area (Å²) >= 11 is 0. The van der Waals surface area contributed by atoms with Gasteiger partial charge in [0.05, 0.1) is 0 Å². The van der Waals surface area contributed by atoms with Crippen molar-refractivity contribution in [3.05, 3.63) is 0 Å². The molecule has 6 heteroatoms. The van der Waals surface area contributed by atoms with Crippen LogP contribution in [-0.4, -0.2) is 29.3 Å². The molecule has 1 radical (unpaired) electrons. The normalized spacial score (nSPS) is 9.00. The van der Waals surface area contributed by atoms with Crippen molar-refractivity contribution in [1.29, 1.82) is 0 Å². The fraction of sp³-hybridized carbons (Fsp3) is 1.00. The van der Waals surface area contributed by atoms with E-state index in [9.17, 15) is 0 Å². The second kappa shape index (κ2) is 14.1. The predicted octanol–water partition coefficient (Wildman–Crippen LogP) is 1.23. The van der Waals surface area contributed by atoms with E-state index in [4.69, 9.17) is 13.3 Å². The Balaban J connectivity index is -0.000000405. The molecule has 0 aromatic rings. The summed E-state index contributed by atoms with van der Waals surface area (Å²) in [7, 11) is -1.73. The molecule has 0 aliphatic heterocycles. The Morgan fingerprint density at radius 2 is 1.08 bits per heavy atom. The van der Waals surface area contributed by atoms with Crippen LogP contribution < -0.4 is 0 Å². The van der Waals surface area contributed by atoms with Crippen molar-refractivity contribution >= 4 is 9.53 Å². The van der Waals surface area contributed by atoms with Gasteiger partial charge in [-0.2, -0.15) is 0 Å². The molecule has 0 amide bonds. The molecule has 75 valence electrons. The molecule has 0 rings (SSSR count). The van der Waals surface area contributed by atoms with Crippen molar-refractivity contribution < 1.29 is 35.3 Å². The minimum Gasteiger partial charge on any atom is -0.376 e. The molecule has 3 nitrogen and oxygen atoms in total. The first-order valence-corrected chi connectivity index (χ1v) is 5.11. The van der Waals surface area contributed by atoms with Crippen molar-refractivity contribution in [3.8, 4) is 0 Å². The van der Waals surface area contributed by atoms with Gasteiger partial charge < -0.3 is 13.3 Å². The van der Waals surface area contributed by atoms with Crippen LogP contribution in [0.2, 0.25) is 0 Å². The van der Waals surface area contributed by atoms with Crippen molar-refractivity contribution in [2.45, 2.75) is 20.8 Å². The van der Waals surface area contributed by atoms with Crippen LogP contribution in [0.5, 0.6) is 0 Å². The average molecular weight is 235 g/mol. The zero-order valence-corrected chi connectivity index (χ0v) is 10.1. The van der Waals surface area contributed by atoms with Crippen LogP contribution in [0, 0.1) is 0 Å². The van der Waals surface area contributed by atoms with Crippen LogP contribution in [-0.2, 0) is 30.6 Å². The molecule has 0 aromatic carbocycles. The first kappa shape index (κ1) is 18.4. The summed E-state index contributed by atoms with van der Waals surface area (Å²) in [6, 6.07) is 0. The van der Waals surface area contributed by atoms with E-state index in [2.05, 4.69) is 0 Å². The SMILES string of the molecule is CCO[SiH](OCC)OCC.[Cr].[F]. The summed E-state index contributed by atoms with van der Waals surface area (Å²) in [5.74, 6) is 0. The van der Waals surface area contributed by atoms with Crippen molar-refractivity contribution in [3.63, 3.8) is 0 Å². The van der Waals surface area contributed by atoms with E-state index in [0.29, 0.717) is 19.8 Å². The third kappa shape index (κ3) is 10.6. The van der Waals surface area contributed by atoms with E-state index in [1.165, 1.54) is 0 Å². The maximum atomic E-state index is 5.22. The predicted molar refractivity (Wildman–Crippen MR) is 43.1 cm³/mol. The summed E-state index contributed by atoms with van der Waals surface area (Å²) in [6.45, 7) is 7.86. The van der Waals surface area contributed by atoms with Gasteiger partial charge in [0.15, 0.2) is 0 Å². The van der Waals surface area contributed by atoms with Gasteiger partial charge in [0.1, 0.15) is 0 Å². The van der Waals surface area contributed by atoms with E-state index in [-0.39, 0.29) is 22.1 Å². The molecule has 0 aromatic heterocycles. The van der Waals surface area contributed by atoms with Crippen LogP contribution in [0.3, 0.4) is 0 Å². The number of hydrogen-bond donors (Lipinski definition) is 0. The van der Waals surface area contributed by atoms with Gasteiger partial charge in [0, 0.05) is 41.9 Å². The second-order valence-corrected chi connectivity index (χ2v) is 3.23. The first-order chi connectivity index (χ1) is 4.85. The summed E-state index contributed by atoms with van der Waals surface area (Å²) < 4.78 is 15.7. The molecular weight excluding hydrogens is 219 g/mol. The number of hydrogen-bond acceptors (Lipinski definition) is 3. The van der Waals surface area contributed by atoms with E-state index >= 15 is 0 Å². The van der Waals surface area contributed by atoms with Crippen molar-refractivity contribution in [2.75, 3.05) is 19.8 Å². The fourth-order valence-electron chi connectivity index (χ4n) is 0.553. The quantitative estimate of drug-likeness (QED) is 0.648. The van der Waals surface area contributed by atoms with Gasteiger partial charge in [-0.1, -0.05) is 0 Å². The standard InChI is InChI=1S/C6H16O3Si.Cr.F/c1-4-7-10(8-5-2)9-6-3;;/h10H,4-6H2,1-3H3;;. The molecule has 0 saturated carbocycles. The van der Waals surface area contributed by atoms with E-state index in [1.54, 1.807) is 0 Å². The Morgan fingerprint density at radius 3 is 1.25 bits per heavy atom.